The number of hydrogen-bond acceptors (Lipinski definition) is 2. The molecule has 0 fully saturated rings. The minimum atomic E-state index is -6.22. The number of hydrogen-bond donors (Lipinski definition) is 0. The first-order valence-corrected chi connectivity index (χ1v) is 31.2. The Bertz CT molecular complexity index is 5690. The van der Waals surface area contributed by atoms with Crippen molar-refractivity contribution in [2.24, 2.45) is 0 Å². The second-order valence-electron chi connectivity index (χ2n) is 26.3. The van der Waals surface area contributed by atoms with Gasteiger partial charge < -0.3 is 13.9 Å². The molecule has 0 aliphatic carbocycles. The number of aromatic nitrogens is 4. The minimum absolute atomic E-state index is 0. The number of ether oxygens (including phenoxy) is 1. The Labute approximate surface area is 569 Å². The van der Waals surface area contributed by atoms with Gasteiger partial charge in [-0.3, -0.25) is 4.57 Å². The summed E-state index contributed by atoms with van der Waals surface area (Å²) in [6.07, 6.45) is 5.41. The topological polar surface area (TPSA) is 35.9 Å². The van der Waals surface area contributed by atoms with Gasteiger partial charge in [0.25, 0.3) is 6.33 Å². The second kappa shape index (κ2) is 23.4. The summed E-state index contributed by atoms with van der Waals surface area (Å²) < 4.78 is 204. The molecule has 3 aromatic heterocycles. The number of imidazole rings is 1. The standard InChI is InChI=1S/C82H76N4OSi.Pt/c1-79(2,3)60-44-45-83-77(52-60)86-72-39-26-25-38-69(72)70-42-41-65(54-74(70)86)87-64-31-27-30-63(53-64)84-55-85(73-43-40-57(49-75(73)84)58-46-61(80(4,5)6)51-62(47-58)81(7,8)9)78-71(82(10,11)12)48-59(56-28-17-13-18-29-56)50-76(78)88(66-32-19-14-20-33-66,67-34-21-15-22-35-67)68-36-23-16-24-37-68;/h13-52H,1-12H3;/q-2;/i13D,14D,15D,16D,17D,18D,19D,20D,21D,22D,23D,24D,28D,29D,32D,33D,34D,35D,36D,37D;. The van der Waals surface area contributed by atoms with Gasteiger partial charge in [-0.25, -0.2) is 4.98 Å². The van der Waals surface area contributed by atoms with Crippen LogP contribution in [0.3, 0.4) is 0 Å². The number of para-hydroxylation sites is 1. The average Bonchev–Trinajstić information content (AvgIpc) is 1.05. The summed E-state index contributed by atoms with van der Waals surface area (Å²) in [5.74, 6) is 1.19. The van der Waals surface area contributed by atoms with Gasteiger partial charge in [0.2, 0.25) is 0 Å². The first-order valence-electron chi connectivity index (χ1n) is 39.2. The Morgan fingerprint density at radius 3 is 1.64 bits per heavy atom. The van der Waals surface area contributed by atoms with E-state index in [1.165, 1.54) is 6.07 Å². The van der Waals surface area contributed by atoms with Gasteiger partial charge in [-0.05, 0) is 122 Å². The first kappa shape index (κ1) is 40.8. The predicted molar refractivity (Wildman–Crippen MR) is 369 cm³/mol. The van der Waals surface area contributed by atoms with Crippen LogP contribution in [-0.4, -0.2) is 22.2 Å². The Kier molecular flexibility index (Phi) is 10.7. The van der Waals surface area contributed by atoms with Crippen molar-refractivity contribution >= 4 is 61.7 Å². The van der Waals surface area contributed by atoms with Crippen LogP contribution in [0.4, 0.5) is 0 Å². The molecule has 13 rings (SSSR count). The van der Waals surface area contributed by atoms with Gasteiger partial charge in [-0.1, -0.05) is 270 Å². The zero-order chi connectivity index (χ0) is 78.7. The van der Waals surface area contributed by atoms with Crippen molar-refractivity contribution in [2.75, 3.05) is 0 Å². The summed E-state index contributed by atoms with van der Waals surface area (Å²) in [5, 5.41) is -0.962. The Hall–Kier alpha value is -8.67. The predicted octanol–water partition coefficient (Wildman–Crippen LogP) is 17.5. The van der Waals surface area contributed by atoms with Crippen molar-refractivity contribution in [3.63, 3.8) is 0 Å². The van der Waals surface area contributed by atoms with Crippen LogP contribution in [0.2, 0.25) is 0 Å². The molecule has 0 atom stereocenters. The summed E-state index contributed by atoms with van der Waals surface area (Å²) >= 11 is 0. The minimum Gasteiger partial charge on any atom is -0.510 e. The van der Waals surface area contributed by atoms with E-state index in [1.807, 2.05) is 59.2 Å². The number of pyridine rings is 1. The van der Waals surface area contributed by atoms with E-state index < -0.39 is 155 Å². The largest absolute Gasteiger partial charge is 0.510 e. The summed E-state index contributed by atoms with van der Waals surface area (Å²) in [6, 6.07) is 24.2. The molecule has 446 valence electrons. The van der Waals surface area contributed by atoms with Crippen LogP contribution in [0, 0.1) is 18.5 Å². The Morgan fingerprint density at radius 1 is 0.472 bits per heavy atom. The maximum atomic E-state index is 10.2. The third kappa shape index (κ3) is 11.4. The zero-order valence-corrected chi connectivity index (χ0v) is 54.8. The molecule has 89 heavy (non-hydrogen) atoms. The molecule has 3 heterocycles. The molecule has 0 unspecified atom stereocenters. The van der Waals surface area contributed by atoms with Gasteiger partial charge in [0, 0.05) is 44.3 Å². The molecule has 13 aromatic rings. The van der Waals surface area contributed by atoms with Crippen LogP contribution in [0.5, 0.6) is 11.5 Å². The molecule has 0 saturated heterocycles. The SMILES string of the molecule is [2H]c1c([2H])c([2H])c(-c2cc(C(C)(C)C)c(-[n+]3[c-]n(-c4[c-]c(Oc5[c-]c6c(cc5)c5ccccc5n6-c5cc(C(C)(C)C)ccn5)ccc4)c4cc(-c5cc(C(C)(C)C)cc(C(C)(C)C)c5)ccc43)c([Si](c3c([2H])c([2H])c([2H])c([2H])c3[2H])(c3c([2H])c([2H])c([2H])c([2H])c3[2H])c3c([2H])c([2H])c([2H])c([2H])c3[2H])c2)c([2H])c1[2H].[Pt]. The monoisotopic (exact) mass is 1380 g/mol. The molecule has 0 radical (unpaired) electrons. The van der Waals surface area contributed by atoms with E-state index in [9.17, 15) is 19.2 Å². The van der Waals surface area contributed by atoms with Gasteiger partial charge in [0.1, 0.15) is 5.82 Å². The van der Waals surface area contributed by atoms with Crippen molar-refractivity contribution in [1.29, 1.82) is 0 Å². The molecule has 0 spiro atoms. The fourth-order valence-corrected chi connectivity index (χ4v) is 15.6. The van der Waals surface area contributed by atoms with Crippen LogP contribution in [0.1, 0.15) is 133 Å². The number of benzene rings is 10. The van der Waals surface area contributed by atoms with Crippen LogP contribution in [0.15, 0.2) is 242 Å². The fourth-order valence-electron chi connectivity index (χ4n) is 11.6. The maximum absolute atomic E-state index is 10.2. The maximum Gasteiger partial charge on any atom is 0.268 e. The number of nitrogens with zero attached hydrogens (tertiary/aromatic N) is 4. The van der Waals surface area contributed by atoms with E-state index in [1.54, 1.807) is 66.4 Å². The van der Waals surface area contributed by atoms with E-state index in [0.29, 0.717) is 33.9 Å². The first-order chi connectivity index (χ1) is 50.4. The normalized spacial score (nSPS) is 15.6. The summed E-state index contributed by atoms with van der Waals surface area (Å²) in [7, 11) is -6.22. The zero-order valence-electron chi connectivity index (χ0n) is 71.6. The summed E-state index contributed by atoms with van der Waals surface area (Å²) in [4.78, 5) is 4.87. The molecule has 0 bridgehead atoms. The van der Waals surface area contributed by atoms with E-state index in [-0.39, 0.29) is 70.6 Å². The van der Waals surface area contributed by atoms with Crippen molar-refractivity contribution in [1.82, 2.24) is 14.1 Å². The molecule has 0 amide bonds. The van der Waals surface area contributed by atoms with Gasteiger partial charge in [0.05, 0.1) is 44.1 Å². The van der Waals surface area contributed by atoms with Gasteiger partial charge >= 0.3 is 0 Å². The summed E-state index contributed by atoms with van der Waals surface area (Å²) in [6.45, 7) is 24.5. The van der Waals surface area contributed by atoms with Crippen molar-refractivity contribution < 1.29 is 57.8 Å². The molecule has 10 aromatic carbocycles. The van der Waals surface area contributed by atoms with Crippen LogP contribution in [-0.2, 0) is 42.7 Å². The fraction of sp³-hybridized carbons (Fsp3) is 0.195. The Morgan fingerprint density at radius 2 is 1.04 bits per heavy atom. The molecule has 5 nitrogen and oxygen atoms in total. The third-order valence-electron chi connectivity index (χ3n) is 16.2. The van der Waals surface area contributed by atoms with E-state index >= 15 is 0 Å². The van der Waals surface area contributed by atoms with Crippen LogP contribution in [0.25, 0.3) is 72.3 Å². The van der Waals surface area contributed by atoms with Crippen LogP contribution < -0.4 is 30.1 Å². The van der Waals surface area contributed by atoms with E-state index in [2.05, 4.69) is 105 Å². The molecular weight excluding hydrogens is 1280 g/mol. The molecular formula is C82H76N4OPtSi-2. The molecule has 0 saturated carbocycles. The molecule has 7 heteroatoms. The smallest absolute Gasteiger partial charge is 0.268 e. The third-order valence-corrected chi connectivity index (χ3v) is 20.4. The van der Waals surface area contributed by atoms with E-state index in [0.717, 1.165) is 38.5 Å². The molecule has 0 N–H and O–H groups in total. The second-order valence-corrected chi connectivity index (χ2v) is 29.8. The summed E-state index contributed by atoms with van der Waals surface area (Å²) in [5.41, 5.74) is 4.51. The number of fused-ring (bicyclic) bond motifs is 4. The van der Waals surface area contributed by atoms with E-state index in [4.69, 9.17) is 17.9 Å². The van der Waals surface area contributed by atoms with Gasteiger partial charge in [-0.15, -0.1) is 29.7 Å². The average molecular weight is 1380 g/mol. The Balaban J connectivity index is 0.0000111. The van der Waals surface area contributed by atoms with Gasteiger partial charge in [0.15, 0.2) is 8.07 Å². The van der Waals surface area contributed by atoms with Crippen LogP contribution >= 0.6 is 0 Å². The van der Waals surface area contributed by atoms with Crippen molar-refractivity contribution in [3.8, 4) is 50.9 Å². The molecule has 0 aliphatic heterocycles. The molecule has 0 aliphatic rings. The number of rotatable bonds is 11. The quantitative estimate of drug-likeness (QED) is 0.0560. The van der Waals surface area contributed by atoms with Crippen molar-refractivity contribution in [2.45, 2.75) is 105 Å². The van der Waals surface area contributed by atoms with Gasteiger partial charge in [-0.2, -0.15) is 18.2 Å². The van der Waals surface area contributed by atoms with Crippen molar-refractivity contribution in [3.05, 3.63) is 283 Å².